The van der Waals surface area contributed by atoms with Gasteiger partial charge >= 0.3 is 0 Å². The van der Waals surface area contributed by atoms with Crippen molar-refractivity contribution in [2.45, 2.75) is 20.0 Å². The fraction of sp³-hybridized carbons (Fsp3) is 0.300. The van der Waals surface area contributed by atoms with Crippen LogP contribution in [0.2, 0.25) is 10.0 Å². The number of carbonyl (C=O) groups is 1. The number of aryl methyl sites for hydroxylation is 1. The standard InChI is InChI=1S/C10H11Cl2N5O/c1-2-17-5-7(12)8(16-17)4-13-10(18)9-6(11)3-14-15-9/h3,5H,2,4H2,1H3,(H,13,18)(H,14,15). The number of halogens is 2. The van der Waals surface area contributed by atoms with Crippen LogP contribution < -0.4 is 5.32 Å². The van der Waals surface area contributed by atoms with E-state index in [-0.39, 0.29) is 23.2 Å². The van der Waals surface area contributed by atoms with E-state index in [1.54, 1.807) is 10.9 Å². The highest BCUT2D eigenvalue weighted by molar-refractivity contribution is 6.33. The highest BCUT2D eigenvalue weighted by Gasteiger charge is 2.13. The van der Waals surface area contributed by atoms with Crippen molar-refractivity contribution >= 4 is 29.1 Å². The summed E-state index contributed by atoms with van der Waals surface area (Å²) in [4.78, 5) is 11.7. The Hall–Kier alpha value is -1.53. The average molecular weight is 288 g/mol. The summed E-state index contributed by atoms with van der Waals surface area (Å²) in [6.07, 6.45) is 3.08. The van der Waals surface area contributed by atoms with Gasteiger partial charge in [-0.3, -0.25) is 14.6 Å². The van der Waals surface area contributed by atoms with Crippen LogP contribution in [0.3, 0.4) is 0 Å². The average Bonchev–Trinajstić information content (AvgIpc) is 2.92. The number of carbonyl (C=O) groups excluding carboxylic acids is 1. The molecule has 2 heterocycles. The minimum absolute atomic E-state index is 0.225. The van der Waals surface area contributed by atoms with Crippen LogP contribution in [0.1, 0.15) is 23.1 Å². The molecule has 0 bridgehead atoms. The van der Waals surface area contributed by atoms with Crippen LogP contribution in [0.4, 0.5) is 0 Å². The number of H-pyrrole nitrogens is 1. The molecule has 0 radical (unpaired) electrons. The Morgan fingerprint density at radius 3 is 2.83 bits per heavy atom. The molecule has 0 saturated carbocycles. The summed E-state index contributed by atoms with van der Waals surface area (Å²) in [5.74, 6) is -0.348. The molecular weight excluding hydrogens is 277 g/mol. The molecule has 0 spiro atoms. The zero-order valence-corrected chi connectivity index (χ0v) is 11.1. The summed E-state index contributed by atoms with van der Waals surface area (Å²) < 4.78 is 1.70. The lowest BCUT2D eigenvalue weighted by Crippen LogP contribution is -2.24. The molecule has 6 nitrogen and oxygen atoms in total. The van der Waals surface area contributed by atoms with Crippen LogP contribution in [0, 0.1) is 0 Å². The number of aromatic amines is 1. The predicted molar refractivity (Wildman–Crippen MR) is 67.7 cm³/mol. The highest BCUT2D eigenvalue weighted by atomic mass is 35.5. The fourth-order valence-corrected chi connectivity index (χ4v) is 1.80. The van der Waals surface area contributed by atoms with Gasteiger partial charge in [0.25, 0.3) is 5.91 Å². The van der Waals surface area contributed by atoms with Gasteiger partial charge in [-0.25, -0.2) is 0 Å². The Labute approximate surface area is 113 Å². The lowest BCUT2D eigenvalue weighted by Gasteiger charge is -2.01. The zero-order chi connectivity index (χ0) is 13.1. The van der Waals surface area contributed by atoms with E-state index in [9.17, 15) is 4.79 Å². The van der Waals surface area contributed by atoms with Gasteiger partial charge in [0, 0.05) is 12.7 Å². The molecule has 2 aromatic rings. The van der Waals surface area contributed by atoms with E-state index in [2.05, 4.69) is 20.6 Å². The second-order valence-electron chi connectivity index (χ2n) is 3.56. The van der Waals surface area contributed by atoms with Crippen molar-refractivity contribution in [1.82, 2.24) is 25.3 Å². The predicted octanol–water partition coefficient (Wildman–Crippen LogP) is 1.86. The van der Waals surface area contributed by atoms with E-state index in [1.165, 1.54) is 6.20 Å². The first kappa shape index (κ1) is 12.9. The fourth-order valence-electron chi connectivity index (χ4n) is 1.40. The Morgan fingerprint density at radius 2 is 2.28 bits per heavy atom. The van der Waals surface area contributed by atoms with Gasteiger partial charge in [-0.1, -0.05) is 23.2 Å². The quantitative estimate of drug-likeness (QED) is 0.901. The van der Waals surface area contributed by atoms with Crippen LogP contribution in [0.15, 0.2) is 12.4 Å². The van der Waals surface area contributed by atoms with Crippen molar-refractivity contribution < 1.29 is 4.79 Å². The number of nitrogens with zero attached hydrogens (tertiary/aromatic N) is 3. The first-order valence-electron chi connectivity index (χ1n) is 5.30. The van der Waals surface area contributed by atoms with E-state index < -0.39 is 0 Å². The van der Waals surface area contributed by atoms with Crippen molar-refractivity contribution in [3.8, 4) is 0 Å². The van der Waals surface area contributed by atoms with E-state index >= 15 is 0 Å². The van der Waals surface area contributed by atoms with E-state index in [1.807, 2.05) is 6.92 Å². The molecule has 0 fully saturated rings. The SMILES string of the molecule is CCn1cc(Cl)c(CNC(=O)c2[nH]ncc2Cl)n1. The Morgan fingerprint density at radius 1 is 1.50 bits per heavy atom. The van der Waals surface area contributed by atoms with E-state index in [4.69, 9.17) is 23.2 Å². The molecule has 0 unspecified atom stereocenters. The maximum absolute atomic E-state index is 11.7. The highest BCUT2D eigenvalue weighted by Crippen LogP contribution is 2.14. The van der Waals surface area contributed by atoms with Crippen LogP contribution >= 0.6 is 23.2 Å². The second kappa shape index (κ2) is 5.41. The summed E-state index contributed by atoms with van der Waals surface area (Å²) >= 11 is 11.8. The minimum atomic E-state index is -0.348. The molecule has 2 aromatic heterocycles. The Kier molecular flexibility index (Phi) is 3.88. The Bertz CT molecular complexity index is 562. The maximum atomic E-state index is 11.7. The normalized spacial score (nSPS) is 10.6. The molecule has 96 valence electrons. The van der Waals surface area contributed by atoms with Crippen molar-refractivity contribution in [2.75, 3.05) is 0 Å². The van der Waals surface area contributed by atoms with Crippen molar-refractivity contribution in [1.29, 1.82) is 0 Å². The summed E-state index contributed by atoms with van der Waals surface area (Å²) in [6, 6.07) is 0. The van der Waals surface area contributed by atoms with Gasteiger partial charge < -0.3 is 5.32 Å². The van der Waals surface area contributed by atoms with Gasteiger partial charge in [0.1, 0.15) is 11.4 Å². The van der Waals surface area contributed by atoms with Crippen LogP contribution in [-0.2, 0) is 13.1 Å². The van der Waals surface area contributed by atoms with Crippen molar-refractivity contribution in [3.05, 3.63) is 33.8 Å². The smallest absolute Gasteiger partial charge is 0.271 e. The largest absolute Gasteiger partial charge is 0.345 e. The number of aromatic nitrogens is 4. The summed E-state index contributed by atoms with van der Waals surface area (Å²) in [7, 11) is 0. The van der Waals surface area contributed by atoms with E-state index in [0.717, 1.165) is 6.54 Å². The first-order valence-corrected chi connectivity index (χ1v) is 6.06. The van der Waals surface area contributed by atoms with Gasteiger partial charge in [-0.2, -0.15) is 10.2 Å². The summed E-state index contributed by atoms with van der Waals surface area (Å²) in [5.41, 5.74) is 0.838. The number of nitrogens with one attached hydrogen (secondary N) is 2. The van der Waals surface area contributed by atoms with Crippen molar-refractivity contribution in [3.63, 3.8) is 0 Å². The molecule has 0 atom stereocenters. The van der Waals surface area contributed by atoms with Gasteiger partial charge in [-0.05, 0) is 6.92 Å². The third-order valence-electron chi connectivity index (χ3n) is 2.35. The van der Waals surface area contributed by atoms with E-state index in [0.29, 0.717) is 10.7 Å². The van der Waals surface area contributed by atoms with Crippen LogP contribution in [0.5, 0.6) is 0 Å². The summed E-state index contributed by atoms with van der Waals surface area (Å²) in [6.45, 7) is 2.91. The van der Waals surface area contributed by atoms with Crippen LogP contribution in [-0.4, -0.2) is 25.9 Å². The van der Waals surface area contributed by atoms with Gasteiger partial charge in [-0.15, -0.1) is 0 Å². The number of hydrogen-bond donors (Lipinski definition) is 2. The van der Waals surface area contributed by atoms with Crippen LogP contribution in [0.25, 0.3) is 0 Å². The number of hydrogen-bond acceptors (Lipinski definition) is 3. The number of amides is 1. The molecule has 1 amide bonds. The molecule has 18 heavy (non-hydrogen) atoms. The third kappa shape index (κ3) is 2.65. The molecule has 0 aliphatic carbocycles. The molecule has 8 heteroatoms. The maximum Gasteiger partial charge on any atom is 0.271 e. The monoisotopic (exact) mass is 287 g/mol. The molecule has 2 N–H and O–H groups in total. The molecular formula is C10H11Cl2N5O. The van der Waals surface area contributed by atoms with Gasteiger partial charge in [0.2, 0.25) is 0 Å². The lowest BCUT2D eigenvalue weighted by molar-refractivity contribution is 0.0945. The molecule has 0 aliphatic heterocycles. The molecule has 2 rings (SSSR count). The first-order chi connectivity index (χ1) is 8.61. The molecule has 0 aromatic carbocycles. The molecule has 0 aliphatic rings. The Balaban J connectivity index is 2.01. The number of rotatable bonds is 4. The second-order valence-corrected chi connectivity index (χ2v) is 4.37. The van der Waals surface area contributed by atoms with Gasteiger partial charge in [0.15, 0.2) is 0 Å². The van der Waals surface area contributed by atoms with Crippen molar-refractivity contribution in [2.24, 2.45) is 0 Å². The minimum Gasteiger partial charge on any atom is -0.345 e. The summed E-state index contributed by atoms with van der Waals surface area (Å²) in [5, 5.41) is 13.9. The topological polar surface area (TPSA) is 75.6 Å². The van der Waals surface area contributed by atoms with Gasteiger partial charge in [0.05, 0.1) is 22.8 Å². The lowest BCUT2D eigenvalue weighted by atomic mass is 10.3. The molecule has 0 saturated heterocycles. The zero-order valence-electron chi connectivity index (χ0n) is 9.57. The third-order valence-corrected chi connectivity index (χ3v) is 2.95.